The smallest absolute Gasteiger partial charge is 0.185 e. The van der Waals surface area contributed by atoms with Crippen LogP contribution < -0.4 is 0 Å². The van der Waals surface area contributed by atoms with Gasteiger partial charge >= 0.3 is 0 Å². The van der Waals surface area contributed by atoms with E-state index in [0.717, 1.165) is 20.9 Å². The van der Waals surface area contributed by atoms with E-state index in [0.29, 0.717) is 5.56 Å². The summed E-state index contributed by atoms with van der Waals surface area (Å²) < 4.78 is 0.906. The van der Waals surface area contributed by atoms with Crippen LogP contribution in [0.5, 0.6) is 0 Å². The van der Waals surface area contributed by atoms with Crippen LogP contribution in [0.3, 0.4) is 0 Å². The van der Waals surface area contributed by atoms with Crippen LogP contribution in [-0.2, 0) is 0 Å². The zero-order valence-corrected chi connectivity index (χ0v) is 12.2. The zero-order chi connectivity index (χ0) is 13.9. The second kappa shape index (κ2) is 5.47. The maximum atomic E-state index is 12.1. The van der Waals surface area contributed by atoms with Crippen molar-refractivity contribution in [1.29, 1.82) is 0 Å². The van der Waals surface area contributed by atoms with Gasteiger partial charge in [-0.3, -0.25) is 4.79 Å². The highest BCUT2D eigenvalue weighted by Crippen LogP contribution is 2.19. The van der Waals surface area contributed by atoms with Crippen LogP contribution >= 0.6 is 15.9 Å². The molecule has 0 radical (unpaired) electrons. The van der Waals surface area contributed by atoms with Crippen LogP contribution in [0.15, 0.2) is 65.3 Å². The van der Waals surface area contributed by atoms with Gasteiger partial charge in [-0.2, -0.15) is 0 Å². The van der Waals surface area contributed by atoms with Gasteiger partial charge in [0.2, 0.25) is 0 Å². The summed E-state index contributed by atoms with van der Waals surface area (Å²) in [6, 6.07) is 15.4. The highest BCUT2D eigenvalue weighted by atomic mass is 79.9. The second-order valence-corrected chi connectivity index (χ2v) is 5.41. The Kier molecular flexibility index (Phi) is 3.52. The minimum atomic E-state index is -0.00317. The largest absolute Gasteiger partial charge is 0.361 e. The number of allylic oxidation sites excluding steroid dienone is 1. The molecule has 0 fully saturated rings. The molecule has 0 atom stereocenters. The summed E-state index contributed by atoms with van der Waals surface area (Å²) in [4.78, 5) is 15.3. The number of para-hydroxylation sites is 1. The Morgan fingerprint density at radius 1 is 1.10 bits per heavy atom. The van der Waals surface area contributed by atoms with Crippen molar-refractivity contribution >= 4 is 38.7 Å². The number of nitrogens with one attached hydrogen (secondary N) is 1. The fourth-order valence-electron chi connectivity index (χ4n) is 2.14. The molecule has 3 aromatic rings. The quantitative estimate of drug-likeness (QED) is 0.543. The van der Waals surface area contributed by atoms with E-state index in [1.165, 1.54) is 0 Å². The van der Waals surface area contributed by atoms with E-state index in [4.69, 9.17) is 0 Å². The van der Waals surface area contributed by atoms with Crippen LogP contribution in [0.4, 0.5) is 0 Å². The molecule has 1 N–H and O–H groups in total. The van der Waals surface area contributed by atoms with Crippen LogP contribution in [0.25, 0.3) is 17.0 Å². The van der Waals surface area contributed by atoms with Crippen molar-refractivity contribution in [2.45, 2.75) is 0 Å². The predicted molar refractivity (Wildman–Crippen MR) is 85.8 cm³/mol. The molecule has 98 valence electrons. The third-order valence-corrected chi connectivity index (χ3v) is 3.64. The second-order valence-electron chi connectivity index (χ2n) is 4.50. The Bertz CT molecular complexity index is 801. The number of carbonyl (C=O) groups excluding carboxylic acids is 1. The van der Waals surface area contributed by atoms with Gasteiger partial charge in [-0.25, -0.2) is 0 Å². The van der Waals surface area contributed by atoms with Crippen molar-refractivity contribution in [3.8, 4) is 0 Å². The minimum Gasteiger partial charge on any atom is -0.361 e. The first kappa shape index (κ1) is 12.9. The van der Waals surface area contributed by atoms with Gasteiger partial charge in [0.05, 0.1) is 0 Å². The van der Waals surface area contributed by atoms with Crippen molar-refractivity contribution in [2.24, 2.45) is 0 Å². The van der Waals surface area contributed by atoms with Crippen molar-refractivity contribution in [2.75, 3.05) is 0 Å². The lowest BCUT2D eigenvalue weighted by Crippen LogP contribution is -1.93. The molecular formula is C17H12BrNO. The maximum absolute atomic E-state index is 12.1. The van der Waals surface area contributed by atoms with E-state index < -0.39 is 0 Å². The number of benzene rings is 2. The summed E-state index contributed by atoms with van der Waals surface area (Å²) in [5.41, 5.74) is 2.77. The average Bonchev–Trinajstić information content (AvgIpc) is 2.88. The lowest BCUT2D eigenvalue weighted by molar-refractivity contribution is 0.104. The SMILES string of the molecule is O=C(/C=C\c1c[nH]c2ccccc12)c1cccc(Br)c1. The summed E-state index contributed by atoms with van der Waals surface area (Å²) >= 11 is 3.37. The molecule has 1 aromatic heterocycles. The topological polar surface area (TPSA) is 32.9 Å². The molecule has 0 amide bonds. The van der Waals surface area contributed by atoms with Gasteiger partial charge in [0.25, 0.3) is 0 Å². The Labute approximate surface area is 125 Å². The number of hydrogen-bond acceptors (Lipinski definition) is 1. The molecule has 0 spiro atoms. The maximum Gasteiger partial charge on any atom is 0.185 e. The van der Waals surface area contributed by atoms with E-state index in [2.05, 4.69) is 20.9 Å². The van der Waals surface area contributed by atoms with E-state index in [1.54, 1.807) is 6.08 Å². The van der Waals surface area contributed by atoms with Crippen molar-refractivity contribution in [3.05, 3.63) is 76.4 Å². The zero-order valence-electron chi connectivity index (χ0n) is 10.6. The first-order valence-electron chi connectivity index (χ1n) is 6.28. The molecule has 0 saturated heterocycles. The number of aromatic amines is 1. The summed E-state index contributed by atoms with van der Waals surface area (Å²) in [5.74, 6) is -0.00317. The number of ketones is 1. The summed E-state index contributed by atoms with van der Waals surface area (Å²) in [6.07, 6.45) is 5.37. The molecule has 3 rings (SSSR count). The van der Waals surface area contributed by atoms with Gasteiger partial charge in [0.1, 0.15) is 0 Å². The molecule has 0 unspecified atom stereocenters. The lowest BCUT2D eigenvalue weighted by Gasteiger charge is -1.96. The van der Waals surface area contributed by atoms with Crippen molar-refractivity contribution in [1.82, 2.24) is 4.98 Å². The molecule has 0 aliphatic heterocycles. The summed E-state index contributed by atoms with van der Waals surface area (Å²) in [7, 11) is 0. The Morgan fingerprint density at radius 3 is 2.80 bits per heavy atom. The first-order chi connectivity index (χ1) is 9.74. The van der Waals surface area contributed by atoms with E-state index >= 15 is 0 Å². The third-order valence-electron chi connectivity index (χ3n) is 3.14. The van der Waals surface area contributed by atoms with E-state index in [9.17, 15) is 4.79 Å². The van der Waals surface area contributed by atoms with Crippen molar-refractivity contribution in [3.63, 3.8) is 0 Å². The molecule has 1 heterocycles. The van der Waals surface area contributed by atoms with Gasteiger partial charge in [-0.15, -0.1) is 0 Å². The van der Waals surface area contributed by atoms with Gasteiger partial charge in [0, 0.05) is 27.1 Å². The molecule has 0 aliphatic carbocycles. The van der Waals surface area contributed by atoms with Crippen molar-refractivity contribution < 1.29 is 4.79 Å². The third kappa shape index (κ3) is 2.58. The molecular weight excluding hydrogens is 314 g/mol. The monoisotopic (exact) mass is 325 g/mol. The molecule has 2 aromatic carbocycles. The number of halogens is 1. The number of aromatic nitrogens is 1. The van der Waals surface area contributed by atoms with Gasteiger partial charge in [-0.05, 0) is 35.9 Å². The first-order valence-corrected chi connectivity index (χ1v) is 7.07. The number of rotatable bonds is 3. The molecule has 2 nitrogen and oxygen atoms in total. The normalized spacial score (nSPS) is 11.2. The predicted octanol–water partition coefficient (Wildman–Crippen LogP) is 4.83. The Morgan fingerprint density at radius 2 is 1.95 bits per heavy atom. The van der Waals surface area contributed by atoms with Crippen LogP contribution in [0.2, 0.25) is 0 Å². The minimum absolute atomic E-state index is 0.00317. The lowest BCUT2D eigenvalue weighted by atomic mass is 10.1. The fraction of sp³-hybridized carbons (Fsp3) is 0. The highest BCUT2D eigenvalue weighted by Gasteiger charge is 2.03. The summed E-state index contributed by atoms with van der Waals surface area (Å²) in [6.45, 7) is 0. The fourth-order valence-corrected chi connectivity index (χ4v) is 2.53. The average molecular weight is 326 g/mol. The molecule has 0 bridgehead atoms. The molecule has 3 heteroatoms. The van der Waals surface area contributed by atoms with Gasteiger partial charge in [-0.1, -0.05) is 46.3 Å². The Hall–Kier alpha value is -2.13. The number of fused-ring (bicyclic) bond motifs is 1. The van der Waals surface area contributed by atoms with E-state index in [-0.39, 0.29) is 5.78 Å². The molecule has 0 aliphatic rings. The number of hydrogen-bond donors (Lipinski definition) is 1. The van der Waals surface area contributed by atoms with Gasteiger partial charge in [0.15, 0.2) is 5.78 Å². The molecule has 0 saturated carbocycles. The van der Waals surface area contributed by atoms with Gasteiger partial charge < -0.3 is 4.98 Å². The van der Waals surface area contributed by atoms with Crippen LogP contribution in [0.1, 0.15) is 15.9 Å². The number of H-pyrrole nitrogens is 1. The Balaban J connectivity index is 1.89. The standard InChI is InChI=1S/C17H12BrNO/c18-14-5-3-4-12(10-14)17(20)9-8-13-11-19-16-7-2-1-6-15(13)16/h1-11,19H/b9-8-. The van der Waals surface area contributed by atoms with E-state index in [1.807, 2.05) is 60.8 Å². The number of carbonyl (C=O) groups is 1. The molecule has 20 heavy (non-hydrogen) atoms. The summed E-state index contributed by atoms with van der Waals surface area (Å²) in [5, 5.41) is 1.12. The van der Waals surface area contributed by atoms with Crippen LogP contribution in [-0.4, -0.2) is 10.8 Å². The van der Waals surface area contributed by atoms with Crippen LogP contribution in [0, 0.1) is 0 Å². The highest BCUT2D eigenvalue weighted by molar-refractivity contribution is 9.10.